The summed E-state index contributed by atoms with van der Waals surface area (Å²) in [5.74, 6) is -2.12. The molecule has 212 valence electrons. The van der Waals surface area contributed by atoms with Gasteiger partial charge in [-0.25, -0.2) is 4.79 Å². The fraction of sp³-hybridized carbons (Fsp3) is 0.483. The second-order valence-electron chi connectivity index (χ2n) is 10.5. The summed E-state index contributed by atoms with van der Waals surface area (Å²) in [6, 6.07) is 16.7. The Hall–Kier alpha value is -2.98. The molecule has 1 saturated heterocycles. The average molecular weight is 560 g/mol. The molecule has 10 heteroatoms. The van der Waals surface area contributed by atoms with Gasteiger partial charge in [-0.1, -0.05) is 54.6 Å². The summed E-state index contributed by atoms with van der Waals surface area (Å²) in [4.78, 5) is 41.0. The molecule has 0 radical (unpaired) electrons. The topological polar surface area (TPSA) is 117 Å². The van der Waals surface area contributed by atoms with Crippen LogP contribution in [0.1, 0.15) is 49.8 Å². The summed E-state index contributed by atoms with van der Waals surface area (Å²) in [6.07, 6.45) is 1.93. The minimum atomic E-state index is -1.73. The molecule has 4 rings (SSSR count). The Labute approximate surface area is 235 Å². The number of hydrogen-bond acceptors (Lipinski definition) is 7. The third-order valence-corrected chi connectivity index (χ3v) is 7.28. The molecule has 2 aliphatic rings. The van der Waals surface area contributed by atoms with Crippen molar-refractivity contribution < 1.29 is 29.0 Å². The number of carbonyl (C=O) groups excluding carboxylic acids is 2. The Kier molecular flexibility index (Phi) is 10.5. The van der Waals surface area contributed by atoms with Crippen LogP contribution in [-0.2, 0) is 42.5 Å². The van der Waals surface area contributed by atoms with E-state index < -0.39 is 29.0 Å². The predicted octanol–water partition coefficient (Wildman–Crippen LogP) is 3.00. The number of nitrogens with one attached hydrogen (secondary N) is 2. The Bertz CT molecular complexity index is 1140. The lowest BCUT2D eigenvalue weighted by molar-refractivity contribution is -0.176. The van der Waals surface area contributed by atoms with Crippen molar-refractivity contribution in [2.75, 3.05) is 26.2 Å². The van der Waals surface area contributed by atoms with E-state index in [9.17, 15) is 19.5 Å². The zero-order chi connectivity index (χ0) is 27.2. The third-order valence-electron chi connectivity index (χ3n) is 7.28. The first kappa shape index (κ1) is 30.6. The molecule has 2 aromatic rings. The summed E-state index contributed by atoms with van der Waals surface area (Å²) in [5, 5.41) is 15.8. The smallest absolute Gasteiger partial charge is 0.352 e. The number of halogens is 1. The average Bonchev–Trinajstić information content (AvgIpc) is 2.90. The molecule has 0 spiro atoms. The molecule has 2 aliphatic heterocycles. The van der Waals surface area contributed by atoms with Crippen LogP contribution < -0.4 is 10.6 Å². The van der Waals surface area contributed by atoms with Crippen molar-refractivity contribution in [2.45, 2.75) is 63.4 Å². The maximum absolute atomic E-state index is 14.2. The van der Waals surface area contributed by atoms with Crippen LogP contribution in [0.4, 0.5) is 0 Å². The van der Waals surface area contributed by atoms with E-state index in [-0.39, 0.29) is 44.7 Å². The van der Waals surface area contributed by atoms with Crippen LogP contribution in [0.15, 0.2) is 54.6 Å². The normalized spacial score (nSPS) is 20.8. The molecule has 1 fully saturated rings. The number of amides is 1. The van der Waals surface area contributed by atoms with Gasteiger partial charge in [-0.2, -0.15) is 0 Å². The molecular weight excluding hydrogens is 522 g/mol. The first-order valence-electron chi connectivity index (χ1n) is 13.1. The van der Waals surface area contributed by atoms with E-state index >= 15 is 0 Å². The number of esters is 1. The highest BCUT2D eigenvalue weighted by Gasteiger charge is 2.57. The van der Waals surface area contributed by atoms with Crippen LogP contribution in [0.25, 0.3) is 0 Å². The molecular formula is C29H38ClN3O6. The predicted molar refractivity (Wildman–Crippen MR) is 148 cm³/mol. The minimum Gasteiger partial charge on any atom is -0.481 e. The lowest BCUT2D eigenvalue weighted by Gasteiger charge is -2.54. The molecule has 39 heavy (non-hydrogen) atoms. The van der Waals surface area contributed by atoms with Gasteiger partial charge in [0.2, 0.25) is 11.6 Å². The number of piperidine rings is 1. The lowest BCUT2D eigenvalue weighted by atomic mass is 9.77. The van der Waals surface area contributed by atoms with E-state index in [2.05, 4.69) is 10.6 Å². The van der Waals surface area contributed by atoms with Crippen molar-refractivity contribution in [3.8, 4) is 0 Å². The first-order valence-corrected chi connectivity index (χ1v) is 13.1. The number of carboxylic acids is 1. The van der Waals surface area contributed by atoms with Crippen LogP contribution in [0, 0.1) is 0 Å². The Morgan fingerprint density at radius 1 is 1.05 bits per heavy atom. The number of nitrogens with zero attached hydrogens (tertiary/aromatic N) is 1. The summed E-state index contributed by atoms with van der Waals surface area (Å²) in [7, 11) is 0. The number of hydrogen-bond donors (Lipinski definition) is 3. The molecule has 1 unspecified atom stereocenters. The molecule has 3 N–H and O–H groups in total. The van der Waals surface area contributed by atoms with Gasteiger partial charge < -0.3 is 25.2 Å². The number of benzene rings is 2. The number of fused-ring (bicyclic) bond motifs is 1. The largest absolute Gasteiger partial charge is 0.481 e. The summed E-state index contributed by atoms with van der Waals surface area (Å²) < 4.78 is 11.8. The second-order valence-corrected chi connectivity index (χ2v) is 10.5. The highest BCUT2D eigenvalue weighted by molar-refractivity contribution is 5.90. The summed E-state index contributed by atoms with van der Waals surface area (Å²) in [6.45, 7) is 5.38. The Balaban J connectivity index is 0.00000420. The van der Waals surface area contributed by atoms with Gasteiger partial charge in [-0.3, -0.25) is 14.5 Å². The van der Waals surface area contributed by atoms with Gasteiger partial charge in [0.25, 0.3) is 0 Å². The number of ether oxygens (including phenoxy) is 2. The summed E-state index contributed by atoms with van der Waals surface area (Å²) >= 11 is 0. The van der Waals surface area contributed by atoms with Gasteiger partial charge in [0, 0.05) is 17.6 Å². The molecule has 2 heterocycles. The molecule has 9 nitrogen and oxygen atoms in total. The van der Waals surface area contributed by atoms with E-state index in [0.717, 1.165) is 37.1 Å². The quantitative estimate of drug-likeness (QED) is 0.380. The first-order chi connectivity index (χ1) is 18.2. The highest BCUT2D eigenvalue weighted by atomic mass is 35.5. The van der Waals surface area contributed by atoms with Gasteiger partial charge in [0.1, 0.15) is 13.2 Å². The van der Waals surface area contributed by atoms with Crippen LogP contribution in [0.3, 0.4) is 0 Å². The van der Waals surface area contributed by atoms with Crippen LogP contribution in [-0.4, -0.2) is 65.7 Å². The van der Waals surface area contributed by atoms with Crippen molar-refractivity contribution in [1.82, 2.24) is 15.5 Å². The van der Waals surface area contributed by atoms with Gasteiger partial charge in [-0.15, -0.1) is 12.4 Å². The third kappa shape index (κ3) is 7.16. The maximum atomic E-state index is 14.2. The Morgan fingerprint density at radius 3 is 2.41 bits per heavy atom. The SMILES string of the molecule is CC1(C)Cc2ccccc2C(NC(=O)COC2CCNCC2)(C(=O)OCc2ccccc2)N1CCC(=O)O.Cl. The van der Waals surface area contributed by atoms with Crippen molar-refractivity contribution in [3.63, 3.8) is 0 Å². The van der Waals surface area contributed by atoms with Crippen LogP contribution in [0.2, 0.25) is 0 Å². The zero-order valence-electron chi connectivity index (χ0n) is 22.5. The summed E-state index contributed by atoms with van der Waals surface area (Å²) in [5.41, 5.74) is -0.120. The van der Waals surface area contributed by atoms with E-state index in [1.165, 1.54) is 0 Å². The standard InChI is InChI=1S/C29H37N3O6.ClH/c1-28(2)18-22-10-6-7-11-24(22)29(32(28)17-14-26(34)35,27(36)38-19-21-8-4-3-5-9-21)31-25(33)20-37-23-12-15-30-16-13-23;/h3-11,23,30H,12-20H2,1-2H3,(H,31,33)(H,34,35);1H. The monoisotopic (exact) mass is 559 g/mol. The molecule has 0 saturated carbocycles. The van der Waals surface area contributed by atoms with E-state index in [0.29, 0.717) is 12.0 Å². The fourth-order valence-corrected chi connectivity index (χ4v) is 5.49. The van der Waals surface area contributed by atoms with E-state index in [4.69, 9.17) is 9.47 Å². The van der Waals surface area contributed by atoms with Crippen molar-refractivity contribution in [3.05, 3.63) is 71.3 Å². The number of rotatable bonds is 10. The minimum absolute atomic E-state index is 0. The molecule has 0 aromatic heterocycles. The highest BCUT2D eigenvalue weighted by Crippen LogP contribution is 2.42. The molecule has 0 aliphatic carbocycles. The van der Waals surface area contributed by atoms with Gasteiger partial charge in [0.05, 0.1) is 12.5 Å². The van der Waals surface area contributed by atoms with Crippen molar-refractivity contribution in [1.29, 1.82) is 0 Å². The van der Waals surface area contributed by atoms with Crippen LogP contribution in [0.5, 0.6) is 0 Å². The van der Waals surface area contributed by atoms with Crippen LogP contribution >= 0.6 is 12.4 Å². The second kappa shape index (κ2) is 13.4. The van der Waals surface area contributed by atoms with Gasteiger partial charge in [-0.05, 0) is 57.3 Å². The molecule has 1 amide bonds. The van der Waals surface area contributed by atoms with Gasteiger partial charge in [0.15, 0.2) is 0 Å². The number of carbonyl (C=O) groups is 3. The van der Waals surface area contributed by atoms with Gasteiger partial charge >= 0.3 is 11.9 Å². The number of carboxylic acid groups (broad SMARTS) is 1. The fourth-order valence-electron chi connectivity index (χ4n) is 5.49. The molecule has 2 aromatic carbocycles. The molecule has 0 bridgehead atoms. The Morgan fingerprint density at radius 2 is 1.72 bits per heavy atom. The lowest BCUT2D eigenvalue weighted by Crippen LogP contribution is -2.71. The molecule has 1 atom stereocenters. The maximum Gasteiger partial charge on any atom is 0.352 e. The zero-order valence-corrected chi connectivity index (χ0v) is 23.3. The van der Waals surface area contributed by atoms with E-state index in [1.54, 1.807) is 11.0 Å². The van der Waals surface area contributed by atoms with Crippen molar-refractivity contribution >= 4 is 30.3 Å². The van der Waals surface area contributed by atoms with Crippen molar-refractivity contribution in [2.24, 2.45) is 0 Å². The number of aliphatic carboxylic acids is 1. The van der Waals surface area contributed by atoms with E-state index in [1.807, 2.05) is 62.4 Å².